The molecule has 2 N–H and O–H groups in total. The van der Waals surface area contributed by atoms with Gasteiger partial charge < -0.3 is 10.7 Å². The third-order valence-electron chi connectivity index (χ3n) is 4.64. The van der Waals surface area contributed by atoms with Gasteiger partial charge >= 0.3 is 6.18 Å². The summed E-state index contributed by atoms with van der Waals surface area (Å²) in [6.07, 6.45) is -3.95. The number of nitrogens with one attached hydrogen (secondary N) is 2. The average Bonchev–Trinajstić information content (AvgIpc) is 3.11. The molecule has 0 aromatic heterocycles. The van der Waals surface area contributed by atoms with E-state index in [1.54, 1.807) is 13.0 Å². The zero-order chi connectivity index (χ0) is 21.9. The van der Waals surface area contributed by atoms with Crippen LogP contribution in [-0.4, -0.2) is 24.6 Å². The van der Waals surface area contributed by atoms with Gasteiger partial charge in [-0.1, -0.05) is 25.1 Å². The normalized spacial score (nSPS) is 15.1. The van der Waals surface area contributed by atoms with E-state index in [0.717, 1.165) is 12.1 Å². The lowest BCUT2D eigenvalue weighted by molar-refractivity contribution is -0.0906. The molecular formula is C22H18F5N3. The molecule has 1 aliphatic heterocycles. The number of anilines is 1. The number of aliphatic imine (C=N–C) groups is 1. The molecule has 0 fully saturated rings. The molecule has 0 unspecified atom stereocenters. The second-order valence-corrected chi connectivity index (χ2v) is 6.52. The highest BCUT2D eigenvalue weighted by Crippen LogP contribution is 2.35. The summed E-state index contributed by atoms with van der Waals surface area (Å²) in [4.78, 5) is 4.26. The molecule has 0 saturated carbocycles. The summed E-state index contributed by atoms with van der Waals surface area (Å²) in [7, 11) is 0. The van der Waals surface area contributed by atoms with Crippen LogP contribution in [0.4, 0.5) is 27.6 Å². The average molecular weight is 419 g/mol. The minimum Gasteiger partial charge on any atom is -0.351 e. The van der Waals surface area contributed by atoms with E-state index in [0.29, 0.717) is 18.2 Å². The monoisotopic (exact) mass is 419 g/mol. The van der Waals surface area contributed by atoms with Crippen molar-refractivity contribution in [3.05, 3.63) is 88.1 Å². The van der Waals surface area contributed by atoms with Crippen LogP contribution >= 0.6 is 0 Å². The molecule has 1 aliphatic rings. The smallest absolute Gasteiger partial charge is 0.351 e. The fourth-order valence-electron chi connectivity index (χ4n) is 3.33. The van der Waals surface area contributed by atoms with Crippen molar-refractivity contribution in [3.63, 3.8) is 0 Å². The number of hydrogen-bond donors (Lipinski definition) is 2. The molecule has 0 aliphatic carbocycles. The predicted molar refractivity (Wildman–Crippen MR) is 107 cm³/mol. The third kappa shape index (κ3) is 4.32. The number of allylic oxidation sites excluding steroid dienone is 2. The summed E-state index contributed by atoms with van der Waals surface area (Å²) in [6, 6.07) is 10.5. The van der Waals surface area contributed by atoms with Crippen molar-refractivity contribution in [1.29, 1.82) is 5.41 Å². The summed E-state index contributed by atoms with van der Waals surface area (Å²) in [5.41, 5.74) is -0.637. The molecule has 2 aromatic carbocycles. The lowest BCUT2D eigenvalue weighted by atomic mass is 9.93. The maximum atomic E-state index is 14.2. The van der Waals surface area contributed by atoms with Gasteiger partial charge in [0.05, 0.1) is 12.3 Å². The first-order valence-electron chi connectivity index (χ1n) is 9.13. The standard InChI is InChI=1S/C22H18F5N3/c1-2-15-18(12-29-20(15)16-8-3-4-9-19(16)24)17(11-28)21(22(25,26)27)30-14-7-5-6-13(23)10-14/h3-11,28,30H,2,12H2,1H3/b21-17+,28-11?. The van der Waals surface area contributed by atoms with Crippen molar-refractivity contribution < 1.29 is 22.0 Å². The van der Waals surface area contributed by atoms with Crippen LogP contribution in [0.1, 0.15) is 18.9 Å². The predicted octanol–water partition coefficient (Wildman–Crippen LogP) is 6.05. The Morgan fingerprint density at radius 2 is 1.87 bits per heavy atom. The highest BCUT2D eigenvalue weighted by atomic mass is 19.4. The molecule has 2 aromatic rings. The Balaban J connectivity index is 2.14. The van der Waals surface area contributed by atoms with Gasteiger partial charge in [-0.2, -0.15) is 13.2 Å². The minimum absolute atomic E-state index is 0.103. The van der Waals surface area contributed by atoms with Gasteiger partial charge in [0, 0.05) is 23.0 Å². The fourth-order valence-corrected chi connectivity index (χ4v) is 3.33. The Morgan fingerprint density at radius 3 is 2.47 bits per heavy atom. The quantitative estimate of drug-likeness (QED) is 0.434. The van der Waals surface area contributed by atoms with Crippen molar-refractivity contribution in [2.24, 2.45) is 4.99 Å². The SMILES string of the molecule is CCC1=C(/C(C=N)=C(/Nc2cccc(F)c2)C(F)(F)F)CN=C1c1ccccc1F. The van der Waals surface area contributed by atoms with Crippen LogP contribution in [0.2, 0.25) is 0 Å². The summed E-state index contributed by atoms with van der Waals surface area (Å²) < 4.78 is 69.3. The lowest BCUT2D eigenvalue weighted by Crippen LogP contribution is -2.23. The maximum absolute atomic E-state index is 14.2. The van der Waals surface area contributed by atoms with Gasteiger partial charge in [0.2, 0.25) is 0 Å². The fraction of sp³-hybridized carbons (Fsp3) is 0.182. The molecule has 3 rings (SSSR count). The highest BCUT2D eigenvalue weighted by Gasteiger charge is 2.38. The highest BCUT2D eigenvalue weighted by molar-refractivity contribution is 6.16. The van der Waals surface area contributed by atoms with Crippen molar-refractivity contribution in [2.45, 2.75) is 19.5 Å². The van der Waals surface area contributed by atoms with Crippen LogP contribution in [-0.2, 0) is 0 Å². The number of benzene rings is 2. The Bertz CT molecular complexity index is 1060. The molecular weight excluding hydrogens is 401 g/mol. The van der Waals surface area contributed by atoms with Gasteiger partial charge in [-0.3, -0.25) is 4.99 Å². The van der Waals surface area contributed by atoms with E-state index >= 15 is 0 Å². The van der Waals surface area contributed by atoms with Gasteiger partial charge in [-0.15, -0.1) is 0 Å². The number of alkyl halides is 3. The summed E-state index contributed by atoms with van der Waals surface area (Å²) in [6.45, 7) is 1.60. The molecule has 1 heterocycles. The van der Waals surface area contributed by atoms with Crippen molar-refractivity contribution in [1.82, 2.24) is 0 Å². The van der Waals surface area contributed by atoms with Crippen LogP contribution in [0.5, 0.6) is 0 Å². The first-order valence-corrected chi connectivity index (χ1v) is 9.13. The summed E-state index contributed by atoms with van der Waals surface area (Å²) in [5, 5.41) is 9.87. The molecule has 8 heteroatoms. The second-order valence-electron chi connectivity index (χ2n) is 6.52. The molecule has 0 spiro atoms. The van der Waals surface area contributed by atoms with Gasteiger partial charge in [0.1, 0.15) is 17.3 Å². The molecule has 0 saturated heterocycles. The molecule has 0 atom stereocenters. The summed E-state index contributed by atoms with van der Waals surface area (Å²) in [5.74, 6) is -1.23. The van der Waals surface area contributed by atoms with Crippen LogP contribution in [0.15, 0.2) is 75.9 Å². The zero-order valence-electron chi connectivity index (χ0n) is 15.9. The Hall–Kier alpha value is -3.29. The molecule has 30 heavy (non-hydrogen) atoms. The molecule has 3 nitrogen and oxygen atoms in total. The van der Waals surface area contributed by atoms with Crippen LogP contribution in [0.25, 0.3) is 0 Å². The Kier molecular flexibility index (Phi) is 6.14. The largest absolute Gasteiger partial charge is 0.431 e. The number of nitrogens with zero attached hydrogens (tertiary/aromatic N) is 1. The minimum atomic E-state index is -4.84. The van der Waals surface area contributed by atoms with E-state index in [9.17, 15) is 22.0 Å². The molecule has 0 amide bonds. The van der Waals surface area contributed by atoms with Crippen molar-refractivity contribution >= 4 is 17.6 Å². The van der Waals surface area contributed by atoms with Crippen LogP contribution < -0.4 is 5.32 Å². The van der Waals surface area contributed by atoms with E-state index in [1.807, 2.05) is 0 Å². The maximum Gasteiger partial charge on any atom is 0.431 e. The zero-order valence-corrected chi connectivity index (χ0v) is 15.9. The Morgan fingerprint density at radius 1 is 1.13 bits per heavy atom. The number of halogens is 5. The molecule has 0 radical (unpaired) electrons. The van der Waals surface area contributed by atoms with Gasteiger partial charge in [-0.05, 0) is 47.9 Å². The van der Waals surface area contributed by atoms with Crippen LogP contribution in [0.3, 0.4) is 0 Å². The Labute approximate surface area is 170 Å². The summed E-state index contributed by atoms with van der Waals surface area (Å²) >= 11 is 0. The molecule has 156 valence electrons. The first kappa shape index (κ1) is 21.4. The van der Waals surface area contributed by atoms with E-state index in [-0.39, 0.29) is 29.1 Å². The van der Waals surface area contributed by atoms with Gasteiger partial charge in [-0.25, -0.2) is 8.78 Å². The van der Waals surface area contributed by atoms with Crippen molar-refractivity contribution in [2.75, 3.05) is 11.9 Å². The van der Waals surface area contributed by atoms with E-state index in [2.05, 4.69) is 10.3 Å². The number of hydrogen-bond acceptors (Lipinski definition) is 3. The van der Waals surface area contributed by atoms with E-state index in [1.165, 1.54) is 30.3 Å². The molecule has 0 bridgehead atoms. The van der Waals surface area contributed by atoms with Gasteiger partial charge in [0.25, 0.3) is 0 Å². The first-order chi connectivity index (χ1) is 14.3. The number of rotatable bonds is 6. The lowest BCUT2D eigenvalue weighted by Gasteiger charge is -2.19. The van der Waals surface area contributed by atoms with E-state index in [4.69, 9.17) is 5.41 Å². The topological polar surface area (TPSA) is 48.2 Å². The van der Waals surface area contributed by atoms with Crippen LogP contribution in [0, 0.1) is 17.0 Å². The third-order valence-corrected chi connectivity index (χ3v) is 4.64. The van der Waals surface area contributed by atoms with Gasteiger partial charge in [0.15, 0.2) is 0 Å². The van der Waals surface area contributed by atoms with Crippen molar-refractivity contribution in [3.8, 4) is 0 Å². The second kappa shape index (κ2) is 8.61. The van der Waals surface area contributed by atoms with E-state index < -0.39 is 29.1 Å².